The molecule has 1 rings (SSSR count). The number of carbonyl (C=O) groups is 1. The molecule has 0 saturated heterocycles. The molecule has 1 aromatic rings. The van der Waals surface area contributed by atoms with Crippen molar-refractivity contribution in [3.05, 3.63) is 29.8 Å². The predicted octanol–water partition coefficient (Wildman–Crippen LogP) is 1.23. The highest BCUT2D eigenvalue weighted by atomic mass is 16.5. The first kappa shape index (κ1) is 9.74. The number of rotatable bonds is 4. The first-order valence-electron chi connectivity index (χ1n) is 4.16. The maximum absolute atomic E-state index is 11.5. The van der Waals surface area contributed by atoms with Gasteiger partial charge in [0.1, 0.15) is 5.75 Å². The second kappa shape index (κ2) is 4.62. The molecule has 0 radical (unpaired) electrons. The van der Waals surface area contributed by atoms with Crippen LogP contribution in [0.2, 0.25) is 0 Å². The van der Waals surface area contributed by atoms with Crippen molar-refractivity contribution in [2.24, 2.45) is 5.73 Å². The second-order valence-electron chi connectivity index (χ2n) is 2.66. The van der Waals surface area contributed by atoms with Crippen molar-refractivity contribution in [2.75, 3.05) is 13.7 Å². The minimum absolute atomic E-state index is 0.0277. The Balaban J connectivity index is 2.92. The number of hydrogen-bond donors (Lipinski definition) is 1. The summed E-state index contributed by atoms with van der Waals surface area (Å²) in [5, 5.41) is 0. The van der Waals surface area contributed by atoms with E-state index in [-0.39, 0.29) is 5.78 Å². The number of ether oxygens (including phenoxy) is 1. The first-order chi connectivity index (χ1) is 6.29. The second-order valence-corrected chi connectivity index (χ2v) is 2.66. The molecule has 0 saturated carbocycles. The van der Waals surface area contributed by atoms with Gasteiger partial charge in [-0.05, 0) is 18.7 Å². The molecule has 0 amide bonds. The van der Waals surface area contributed by atoms with Crippen LogP contribution in [0.3, 0.4) is 0 Å². The molecule has 0 aliphatic carbocycles. The molecular weight excluding hydrogens is 166 g/mol. The molecular formula is C10H13NO2. The summed E-state index contributed by atoms with van der Waals surface area (Å²) in [7, 11) is 1.55. The molecule has 0 fully saturated rings. The molecule has 0 bridgehead atoms. The van der Waals surface area contributed by atoms with Gasteiger partial charge in [0, 0.05) is 6.42 Å². The normalized spacial score (nSPS) is 9.69. The van der Waals surface area contributed by atoms with Gasteiger partial charge in [0.05, 0.1) is 12.7 Å². The molecule has 2 N–H and O–H groups in total. The Morgan fingerprint density at radius 1 is 1.46 bits per heavy atom. The molecule has 0 aliphatic heterocycles. The Bertz CT molecular complexity index is 297. The maximum Gasteiger partial charge on any atom is 0.167 e. The van der Waals surface area contributed by atoms with E-state index < -0.39 is 0 Å². The highest BCUT2D eigenvalue weighted by molar-refractivity contribution is 5.98. The van der Waals surface area contributed by atoms with Crippen LogP contribution in [0.1, 0.15) is 16.8 Å². The molecule has 70 valence electrons. The van der Waals surface area contributed by atoms with Gasteiger partial charge in [-0.1, -0.05) is 12.1 Å². The van der Waals surface area contributed by atoms with Gasteiger partial charge < -0.3 is 10.5 Å². The van der Waals surface area contributed by atoms with Gasteiger partial charge in [-0.3, -0.25) is 4.79 Å². The van der Waals surface area contributed by atoms with E-state index in [0.717, 1.165) is 0 Å². The summed E-state index contributed by atoms with van der Waals surface area (Å²) >= 11 is 0. The van der Waals surface area contributed by atoms with Gasteiger partial charge in [-0.25, -0.2) is 0 Å². The van der Waals surface area contributed by atoms with Gasteiger partial charge in [0.15, 0.2) is 5.78 Å². The molecule has 3 nitrogen and oxygen atoms in total. The third kappa shape index (κ3) is 2.29. The van der Waals surface area contributed by atoms with Crippen molar-refractivity contribution in [2.45, 2.75) is 6.42 Å². The van der Waals surface area contributed by atoms with E-state index in [1.165, 1.54) is 0 Å². The Morgan fingerprint density at radius 2 is 2.15 bits per heavy atom. The van der Waals surface area contributed by atoms with Crippen LogP contribution in [0.15, 0.2) is 24.3 Å². The fourth-order valence-electron chi connectivity index (χ4n) is 1.14. The monoisotopic (exact) mass is 179 g/mol. The highest BCUT2D eigenvalue weighted by Gasteiger charge is 2.09. The van der Waals surface area contributed by atoms with Crippen LogP contribution in [0, 0.1) is 0 Å². The summed E-state index contributed by atoms with van der Waals surface area (Å²) in [6, 6.07) is 7.16. The highest BCUT2D eigenvalue weighted by Crippen LogP contribution is 2.18. The summed E-state index contributed by atoms with van der Waals surface area (Å²) < 4.78 is 5.05. The molecule has 0 aliphatic rings. The van der Waals surface area contributed by atoms with Crippen LogP contribution >= 0.6 is 0 Å². The van der Waals surface area contributed by atoms with Gasteiger partial charge in [0.2, 0.25) is 0 Å². The van der Waals surface area contributed by atoms with Crippen molar-refractivity contribution >= 4 is 5.78 Å². The van der Waals surface area contributed by atoms with Crippen LogP contribution in [0.4, 0.5) is 0 Å². The van der Waals surface area contributed by atoms with E-state index in [0.29, 0.717) is 24.3 Å². The van der Waals surface area contributed by atoms with Crippen LogP contribution in [-0.4, -0.2) is 19.4 Å². The van der Waals surface area contributed by atoms with E-state index in [4.69, 9.17) is 10.5 Å². The average Bonchev–Trinajstić information content (AvgIpc) is 2.18. The van der Waals surface area contributed by atoms with Crippen LogP contribution < -0.4 is 10.5 Å². The molecule has 0 atom stereocenters. The number of ketones is 1. The third-order valence-corrected chi connectivity index (χ3v) is 1.78. The zero-order valence-corrected chi connectivity index (χ0v) is 7.62. The zero-order valence-electron chi connectivity index (χ0n) is 7.62. The number of methoxy groups -OCH3 is 1. The van der Waals surface area contributed by atoms with E-state index in [1.807, 2.05) is 12.1 Å². The SMILES string of the molecule is COc1ccccc1C(=O)CCN. The van der Waals surface area contributed by atoms with Crippen molar-refractivity contribution < 1.29 is 9.53 Å². The maximum atomic E-state index is 11.5. The Morgan fingerprint density at radius 3 is 2.77 bits per heavy atom. The zero-order chi connectivity index (χ0) is 9.68. The number of nitrogens with two attached hydrogens (primary N) is 1. The van der Waals surface area contributed by atoms with Crippen LogP contribution in [0.25, 0.3) is 0 Å². The van der Waals surface area contributed by atoms with Crippen molar-refractivity contribution in [1.29, 1.82) is 0 Å². The topological polar surface area (TPSA) is 52.3 Å². The summed E-state index contributed by atoms with van der Waals surface area (Å²) in [5.41, 5.74) is 5.90. The lowest BCUT2D eigenvalue weighted by atomic mass is 10.1. The van der Waals surface area contributed by atoms with Crippen molar-refractivity contribution in [1.82, 2.24) is 0 Å². The lowest BCUT2D eigenvalue weighted by Gasteiger charge is -2.05. The van der Waals surface area contributed by atoms with Crippen LogP contribution in [0.5, 0.6) is 5.75 Å². The Hall–Kier alpha value is -1.35. The molecule has 13 heavy (non-hydrogen) atoms. The van der Waals surface area contributed by atoms with E-state index in [1.54, 1.807) is 19.2 Å². The first-order valence-corrected chi connectivity index (χ1v) is 4.16. The van der Waals surface area contributed by atoms with Gasteiger partial charge >= 0.3 is 0 Å². The summed E-state index contributed by atoms with van der Waals surface area (Å²) in [6.07, 6.45) is 0.361. The number of carbonyl (C=O) groups excluding carboxylic acids is 1. The minimum Gasteiger partial charge on any atom is -0.496 e. The smallest absolute Gasteiger partial charge is 0.167 e. The third-order valence-electron chi connectivity index (χ3n) is 1.78. The summed E-state index contributed by atoms with van der Waals surface area (Å²) in [4.78, 5) is 11.5. The average molecular weight is 179 g/mol. The van der Waals surface area contributed by atoms with Crippen molar-refractivity contribution in [3.8, 4) is 5.75 Å². The quantitative estimate of drug-likeness (QED) is 0.707. The lowest BCUT2D eigenvalue weighted by molar-refractivity contribution is 0.0982. The molecule has 0 unspecified atom stereocenters. The van der Waals surface area contributed by atoms with E-state index in [2.05, 4.69) is 0 Å². The van der Waals surface area contributed by atoms with Crippen LogP contribution in [-0.2, 0) is 0 Å². The lowest BCUT2D eigenvalue weighted by Crippen LogP contribution is -2.09. The Labute approximate surface area is 77.5 Å². The molecule has 0 spiro atoms. The van der Waals surface area contributed by atoms with Gasteiger partial charge in [-0.15, -0.1) is 0 Å². The minimum atomic E-state index is 0.0277. The molecule has 1 aromatic carbocycles. The molecule has 0 heterocycles. The van der Waals surface area contributed by atoms with E-state index >= 15 is 0 Å². The standard InChI is InChI=1S/C10H13NO2/c1-13-10-5-3-2-4-8(10)9(12)6-7-11/h2-5H,6-7,11H2,1H3. The van der Waals surface area contributed by atoms with E-state index in [9.17, 15) is 4.79 Å². The summed E-state index contributed by atoms with van der Waals surface area (Å²) in [5.74, 6) is 0.640. The number of Topliss-reactive ketones (excluding diaryl/α,β-unsaturated/α-hetero) is 1. The molecule has 3 heteroatoms. The predicted molar refractivity (Wildman–Crippen MR) is 51.0 cm³/mol. The number of para-hydroxylation sites is 1. The Kier molecular flexibility index (Phi) is 3.46. The molecule has 0 aromatic heterocycles. The fourth-order valence-corrected chi connectivity index (χ4v) is 1.14. The number of hydrogen-bond acceptors (Lipinski definition) is 3. The number of benzene rings is 1. The summed E-state index contributed by atoms with van der Waals surface area (Å²) in [6.45, 7) is 0.372. The largest absolute Gasteiger partial charge is 0.496 e. The van der Waals surface area contributed by atoms with Gasteiger partial charge in [-0.2, -0.15) is 0 Å². The fraction of sp³-hybridized carbons (Fsp3) is 0.300. The van der Waals surface area contributed by atoms with Gasteiger partial charge in [0.25, 0.3) is 0 Å². The van der Waals surface area contributed by atoms with Crippen molar-refractivity contribution in [3.63, 3.8) is 0 Å².